The standard InChI is InChI=1S/C23H25N3O/c1-16-5-4-6-20(13-16)19-9-7-18(8-10-19)14-22-21-15-26(17(2)27)12-11-23(21)25(3)24-22/h4-10,13H,11-12,14-15H2,1-3H3. The molecule has 0 fully saturated rings. The molecule has 3 aromatic rings. The fourth-order valence-electron chi connectivity index (χ4n) is 3.91. The van der Waals surface area contributed by atoms with Crippen LogP contribution in [0.1, 0.15) is 35.0 Å². The second-order valence-electron chi connectivity index (χ2n) is 7.43. The lowest BCUT2D eigenvalue weighted by Gasteiger charge is -2.26. The fraction of sp³-hybridized carbons (Fsp3) is 0.304. The molecule has 0 saturated heterocycles. The van der Waals surface area contributed by atoms with Gasteiger partial charge in [0.05, 0.1) is 5.69 Å². The van der Waals surface area contributed by atoms with Gasteiger partial charge in [-0.05, 0) is 23.6 Å². The minimum Gasteiger partial charge on any atom is -0.338 e. The van der Waals surface area contributed by atoms with Gasteiger partial charge in [-0.25, -0.2) is 0 Å². The third kappa shape index (κ3) is 3.52. The summed E-state index contributed by atoms with van der Waals surface area (Å²) in [4.78, 5) is 13.7. The van der Waals surface area contributed by atoms with Crippen molar-refractivity contribution >= 4 is 5.91 Å². The lowest BCUT2D eigenvalue weighted by atomic mass is 9.98. The van der Waals surface area contributed by atoms with E-state index in [9.17, 15) is 4.79 Å². The Hall–Kier alpha value is -2.88. The fourth-order valence-corrected chi connectivity index (χ4v) is 3.91. The van der Waals surface area contributed by atoms with Crippen LogP contribution in [-0.4, -0.2) is 27.1 Å². The number of aryl methyl sites for hydroxylation is 2. The Morgan fingerprint density at radius 1 is 1.11 bits per heavy atom. The van der Waals surface area contributed by atoms with Crippen LogP contribution in [0.15, 0.2) is 48.5 Å². The van der Waals surface area contributed by atoms with Crippen molar-refractivity contribution in [2.24, 2.45) is 7.05 Å². The summed E-state index contributed by atoms with van der Waals surface area (Å²) in [5.74, 6) is 0.137. The Kier molecular flexibility index (Phi) is 4.56. The molecule has 4 nitrogen and oxygen atoms in total. The van der Waals surface area contributed by atoms with Gasteiger partial charge >= 0.3 is 0 Å². The predicted octanol–water partition coefficient (Wildman–Crippen LogP) is 3.89. The highest BCUT2D eigenvalue weighted by molar-refractivity contribution is 5.73. The number of rotatable bonds is 3. The zero-order chi connectivity index (χ0) is 19.0. The molecule has 1 amide bonds. The maximum absolute atomic E-state index is 11.8. The predicted molar refractivity (Wildman–Crippen MR) is 107 cm³/mol. The first-order chi connectivity index (χ1) is 13.0. The number of nitrogens with zero attached hydrogens (tertiary/aromatic N) is 3. The van der Waals surface area contributed by atoms with E-state index < -0.39 is 0 Å². The van der Waals surface area contributed by atoms with E-state index in [-0.39, 0.29) is 5.91 Å². The molecule has 1 aromatic heterocycles. The minimum atomic E-state index is 0.137. The van der Waals surface area contributed by atoms with E-state index in [1.165, 1.54) is 33.5 Å². The lowest BCUT2D eigenvalue weighted by Crippen LogP contribution is -2.34. The molecule has 0 aliphatic carbocycles. The SMILES string of the molecule is CC(=O)N1CCc2c(c(Cc3ccc(-c4cccc(C)c4)cc3)nn2C)C1. The van der Waals surface area contributed by atoms with E-state index in [1.807, 2.05) is 16.6 Å². The van der Waals surface area contributed by atoms with Gasteiger partial charge in [0.25, 0.3) is 0 Å². The van der Waals surface area contributed by atoms with Crippen LogP contribution in [0.2, 0.25) is 0 Å². The average Bonchev–Trinajstić information content (AvgIpc) is 2.97. The van der Waals surface area contributed by atoms with Crippen LogP contribution in [0.3, 0.4) is 0 Å². The van der Waals surface area contributed by atoms with E-state index in [1.54, 1.807) is 6.92 Å². The molecule has 0 spiro atoms. The summed E-state index contributed by atoms with van der Waals surface area (Å²) in [7, 11) is 2.01. The highest BCUT2D eigenvalue weighted by Gasteiger charge is 2.25. The van der Waals surface area contributed by atoms with Gasteiger partial charge in [-0.1, -0.05) is 54.1 Å². The second kappa shape index (κ2) is 7.03. The third-order valence-corrected chi connectivity index (χ3v) is 5.45. The minimum absolute atomic E-state index is 0.137. The molecule has 0 saturated carbocycles. The quantitative estimate of drug-likeness (QED) is 0.711. The van der Waals surface area contributed by atoms with Crippen LogP contribution < -0.4 is 0 Å². The summed E-state index contributed by atoms with van der Waals surface area (Å²) < 4.78 is 1.99. The number of fused-ring (bicyclic) bond motifs is 1. The number of amides is 1. The topological polar surface area (TPSA) is 38.1 Å². The molecular formula is C23H25N3O. The van der Waals surface area contributed by atoms with Crippen molar-refractivity contribution in [3.63, 3.8) is 0 Å². The number of hydrogen-bond acceptors (Lipinski definition) is 2. The number of benzene rings is 2. The molecule has 138 valence electrons. The van der Waals surface area contributed by atoms with Gasteiger partial charge in [-0.15, -0.1) is 0 Å². The van der Waals surface area contributed by atoms with Gasteiger partial charge in [0.15, 0.2) is 0 Å². The van der Waals surface area contributed by atoms with Crippen LogP contribution in [0.4, 0.5) is 0 Å². The summed E-state index contributed by atoms with van der Waals surface area (Å²) in [6.07, 6.45) is 1.67. The molecule has 4 heteroatoms. The van der Waals surface area contributed by atoms with Crippen molar-refractivity contribution in [1.29, 1.82) is 0 Å². The van der Waals surface area contributed by atoms with Gasteiger partial charge in [-0.3, -0.25) is 9.48 Å². The molecule has 4 rings (SSSR count). The Labute approximate surface area is 160 Å². The largest absolute Gasteiger partial charge is 0.338 e. The van der Waals surface area contributed by atoms with Crippen LogP contribution in [-0.2, 0) is 31.2 Å². The van der Waals surface area contributed by atoms with E-state index >= 15 is 0 Å². The maximum Gasteiger partial charge on any atom is 0.219 e. The van der Waals surface area contributed by atoms with E-state index in [4.69, 9.17) is 5.10 Å². The van der Waals surface area contributed by atoms with Crippen molar-refractivity contribution in [3.05, 3.63) is 76.6 Å². The highest BCUT2D eigenvalue weighted by atomic mass is 16.2. The van der Waals surface area contributed by atoms with E-state index in [0.29, 0.717) is 6.54 Å². The van der Waals surface area contributed by atoms with Gasteiger partial charge < -0.3 is 4.90 Å². The molecule has 0 N–H and O–H groups in total. The van der Waals surface area contributed by atoms with Crippen molar-refractivity contribution in [3.8, 4) is 11.1 Å². The smallest absolute Gasteiger partial charge is 0.219 e. The molecule has 0 atom stereocenters. The summed E-state index contributed by atoms with van der Waals surface area (Å²) in [5, 5.41) is 4.75. The molecule has 2 aromatic carbocycles. The van der Waals surface area contributed by atoms with Crippen LogP contribution in [0.5, 0.6) is 0 Å². The first-order valence-electron chi connectivity index (χ1n) is 9.46. The van der Waals surface area contributed by atoms with Crippen molar-refractivity contribution in [1.82, 2.24) is 14.7 Å². The molecule has 0 radical (unpaired) electrons. The molecule has 2 heterocycles. The maximum atomic E-state index is 11.8. The average molecular weight is 359 g/mol. The number of carbonyl (C=O) groups is 1. The molecule has 0 unspecified atom stereocenters. The van der Waals surface area contributed by atoms with Crippen molar-refractivity contribution in [2.45, 2.75) is 33.2 Å². The Morgan fingerprint density at radius 2 is 1.89 bits per heavy atom. The zero-order valence-corrected chi connectivity index (χ0v) is 16.2. The third-order valence-electron chi connectivity index (χ3n) is 5.45. The summed E-state index contributed by atoms with van der Waals surface area (Å²) in [6.45, 7) is 5.22. The molecule has 0 bridgehead atoms. The van der Waals surface area contributed by atoms with Crippen molar-refractivity contribution in [2.75, 3.05) is 6.54 Å². The Balaban J connectivity index is 1.57. The van der Waals surface area contributed by atoms with Crippen molar-refractivity contribution < 1.29 is 4.79 Å². The first-order valence-corrected chi connectivity index (χ1v) is 9.46. The van der Waals surface area contributed by atoms with Crippen LogP contribution >= 0.6 is 0 Å². The van der Waals surface area contributed by atoms with E-state index in [0.717, 1.165) is 25.1 Å². The molecule has 1 aliphatic rings. The van der Waals surface area contributed by atoms with Crippen LogP contribution in [0.25, 0.3) is 11.1 Å². The van der Waals surface area contributed by atoms with Crippen LogP contribution in [0, 0.1) is 6.92 Å². The van der Waals surface area contributed by atoms with E-state index in [2.05, 4.69) is 55.5 Å². The summed E-state index contributed by atoms with van der Waals surface area (Å²) in [5.41, 5.74) is 8.56. The lowest BCUT2D eigenvalue weighted by molar-refractivity contribution is -0.129. The van der Waals surface area contributed by atoms with Gasteiger partial charge in [0.1, 0.15) is 0 Å². The van der Waals surface area contributed by atoms with Gasteiger partial charge in [0.2, 0.25) is 5.91 Å². The Morgan fingerprint density at radius 3 is 2.59 bits per heavy atom. The second-order valence-corrected chi connectivity index (χ2v) is 7.43. The number of carbonyl (C=O) groups excluding carboxylic acids is 1. The molecular weight excluding hydrogens is 334 g/mol. The molecule has 27 heavy (non-hydrogen) atoms. The highest BCUT2D eigenvalue weighted by Crippen LogP contribution is 2.26. The monoisotopic (exact) mass is 359 g/mol. The van der Waals surface area contributed by atoms with Gasteiger partial charge in [0, 0.05) is 51.2 Å². The summed E-state index contributed by atoms with van der Waals surface area (Å²) in [6, 6.07) is 17.3. The summed E-state index contributed by atoms with van der Waals surface area (Å²) >= 11 is 0. The van der Waals surface area contributed by atoms with Gasteiger partial charge in [-0.2, -0.15) is 5.10 Å². The zero-order valence-electron chi connectivity index (χ0n) is 16.2. The normalized spacial score (nSPS) is 13.5. The first kappa shape index (κ1) is 17.5. The Bertz CT molecular complexity index is 985. The number of hydrogen-bond donors (Lipinski definition) is 0. The molecule has 1 aliphatic heterocycles. The number of aromatic nitrogens is 2.